The maximum atomic E-state index is 5.98. The zero-order valence-electron chi connectivity index (χ0n) is 8.59. The Morgan fingerprint density at radius 3 is 2.69 bits per heavy atom. The first kappa shape index (κ1) is 8.61. The molecule has 0 bridgehead atoms. The number of benzene rings is 1. The van der Waals surface area contributed by atoms with E-state index in [0.717, 1.165) is 12.1 Å². The van der Waals surface area contributed by atoms with Gasteiger partial charge in [-0.05, 0) is 34.9 Å². The van der Waals surface area contributed by atoms with Crippen LogP contribution < -0.4 is 5.73 Å². The summed E-state index contributed by atoms with van der Waals surface area (Å²) in [7, 11) is 0. The molecular formula is C12H17N. The molecule has 2 N–H and O–H groups in total. The van der Waals surface area contributed by atoms with Crippen LogP contribution >= 0.6 is 0 Å². The van der Waals surface area contributed by atoms with Gasteiger partial charge in [0.1, 0.15) is 0 Å². The first-order valence-electron chi connectivity index (χ1n) is 4.89. The molecule has 13 heavy (non-hydrogen) atoms. The van der Waals surface area contributed by atoms with Crippen molar-refractivity contribution < 1.29 is 0 Å². The fourth-order valence-electron chi connectivity index (χ4n) is 2.35. The molecule has 0 aromatic heterocycles. The molecule has 0 aliphatic heterocycles. The van der Waals surface area contributed by atoms with E-state index >= 15 is 0 Å². The number of anilines is 1. The van der Waals surface area contributed by atoms with Crippen LogP contribution in [-0.4, -0.2) is 0 Å². The van der Waals surface area contributed by atoms with E-state index in [-0.39, 0.29) is 0 Å². The smallest absolute Gasteiger partial charge is 0.0352 e. The van der Waals surface area contributed by atoms with Gasteiger partial charge in [-0.3, -0.25) is 0 Å². The van der Waals surface area contributed by atoms with Gasteiger partial charge in [-0.25, -0.2) is 0 Å². The van der Waals surface area contributed by atoms with Crippen molar-refractivity contribution in [3.05, 3.63) is 29.3 Å². The van der Waals surface area contributed by atoms with Crippen LogP contribution in [0.2, 0.25) is 0 Å². The summed E-state index contributed by atoms with van der Waals surface area (Å²) in [5, 5.41) is 0. The Labute approximate surface area is 80.0 Å². The molecule has 0 saturated carbocycles. The molecule has 2 rings (SSSR count). The van der Waals surface area contributed by atoms with E-state index in [9.17, 15) is 0 Å². The monoisotopic (exact) mass is 175 g/mol. The molecule has 1 aliphatic rings. The van der Waals surface area contributed by atoms with Crippen molar-refractivity contribution in [2.45, 2.75) is 33.1 Å². The number of nitrogen functional groups attached to an aromatic ring is 1. The van der Waals surface area contributed by atoms with Gasteiger partial charge in [0.05, 0.1) is 0 Å². The van der Waals surface area contributed by atoms with Gasteiger partial charge >= 0.3 is 0 Å². The van der Waals surface area contributed by atoms with Crippen LogP contribution in [0.4, 0.5) is 5.69 Å². The first-order valence-corrected chi connectivity index (χ1v) is 4.89. The Morgan fingerprint density at radius 2 is 2.08 bits per heavy atom. The third-order valence-corrected chi connectivity index (χ3v) is 3.48. The van der Waals surface area contributed by atoms with Crippen LogP contribution in [0.15, 0.2) is 18.2 Å². The topological polar surface area (TPSA) is 26.0 Å². The molecule has 0 saturated heterocycles. The molecule has 0 fully saturated rings. The van der Waals surface area contributed by atoms with E-state index < -0.39 is 0 Å². The van der Waals surface area contributed by atoms with E-state index in [1.54, 1.807) is 0 Å². The van der Waals surface area contributed by atoms with E-state index in [2.05, 4.69) is 32.9 Å². The van der Waals surface area contributed by atoms with Crippen molar-refractivity contribution in [2.75, 3.05) is 5.73 Å². The number of nitrogens with two attached hydrogens (primary N) is 1. The highest BCUT2D eigenvalue weighted by Gasteiger charge is 2.36. The molecule has 1 aromatic rings. The van der Waals surface area contributed by atoms with Crippen molar-refractivity contribution in [3.8, 4) is 0 Å². The molecule has 1 aliphatic carbocycles. The number of rotatable bonds is 0. The Bertz CT molecular complexity index is 339. The van der Waals surface area contributed by atoms with Gasteiger partial charge in [0.2, 0.25) is 0 Å². The quantitative estimate of drug-likeness (QED) is 0.603. The van der Waals surface area contributed by atoms with Crippen molar-refractivity contribution in [3.63, 3.8) is 0 Å². The third-order valence-electron chi connectivity index (χ3n) is 3.48. The minimum atomic E-state index is 0.373. The van der Waals surface area contributed by atoms with Gasteiger partial charge < -0.3 is 5.73 Å². The van der Waals surface area contributed by atoms with Crippen molar-refractivity contribution in [2.24, 2.45) is 5.41 Å². The predicted octanol–water partition coefficient (Wildman–Crippen LogP) is 2.95. The van der Waals surface area contributed by atoms with Crippen molar-refractivity contribution in [1.82, 2.24) is 0 Å². The van der Waals surface area contributed by atoms with Crippen LogP contribution in [0.1, 0.15) is 37.8 Å². The van der Waals surface area contributed by atoms with Gasteiger partial charge in [-0.2, -0.15) is 0 Å². The predicted molar refractivity (Wildman–Crippen MR) is 56.8 cm³/mol. The minimum absolute atomic E-state index is 0.373. The van der Waals surface area contributed by atoms with Gasteiger partial charge in [-0.15, -0.1) is 0 Å². The average molecular weight is 175 g/mol. The summed E-state index contributed by atoms with van der Waals surface area (Å²) in [6, 6.07) is 6.27. The largest absolute Gasteiger partial charge is 0.398 e. The summed E-state index contributed by atoms with van der Waals surface area (Å²) in [6.07, 6.45) is 1.16. The molecule has 0 amide bonds. The van der Waals surface area contributed by atoms with Crippen LogP contribution in [0.3, 0.4) is 0 Å². The summed E-state index contributed by atoms with van der Waals surface area (Å²) in [6.45, 7) is 6.91. The fraction of sp³-hybridized carbons (Fsp3) is 0.500. The molecular weight excluding hydrogens is 158 g/mol. The highest BCUT2D eigenvalue weighted by molar-refractivity contribution is 5.56. The second-order valence-corrected chi connectivity index (χ2v) is 4.81. The van der Waals surface area contributed by atoms with Crippen LogP contribution in [0, 0.1) is 5.41 Å². The molecule has 70 valence electrons. The number of hydrogen-bond acceptors (Lipinski definition) is 1. The molecule has 1 heteroatoms. The molecule has 0 heterocycles. The molecule has 1 atom stereocenters. The number of fused-ring (bicyclic) bond motifs is 1. The normalized spacial score (nSPS) is 24.4. The van der Waals surface area contributed by atoms with Crippen LogP contribution in [0.25, 0.3) is 0 Å². The minimum Gasteiger partial charge on any atom is -0.398 e. The van der Waals surface area contributed by atoms with Crippen molar-refractivity contribution in [1.29, 1.82) is 0 Å². The summed E-state index contributed by atoms with van der Waals surface area (Å²) >= 11 is 0. The standard InChI is InChI=1S/C12H17N/c1-8-11-9(7-12(8,2)3)5-4-6-10(11)13/h4-6,8H,7,13H2,1-3H3/t8-/m0/s1. The van der Waals surface area contributed by atoms with Crippen LogP contribution in [-0.2, 0) is 6.42 Å². The molecule has 0 spiro atoms. The summed E-state index contributed by atoms with van der Waals surface area (Å²) in [5.41, 5.74) is 10.1. The first-order chi connectivity index (χ1) is 6.02. The average Bonchev–Trinajstić information content (AvgIpc) is 2.24. The zero-order valence-corrected chi connectivity index (χ0v) is 8.59. The fourth-order valence-corrected chi connectivity index (χ4v) is 2.35. The summed E-state index contributed by atoms with van der Waals surface area (Å²) in [5.74, 6) is 0.587. The maximum absolute atomic E-state index is 5.98. The lowest BCUT2D eigenvalue weighted by Crippen LogP contribution is -2.15. The third kappa shape index (κ3) is 1.14. The highest BCUT2D eigenvalue weighted by atomic mass is 14.6. The molecule has 0 unspecified atom stereocenters. The lowest BCUT2D eigenvalue weighted by Gasteiger charge is -2.24. The van der Waals surface area contributed by atoms with Gasteiger partial charge in [0, 0.05) is 5.69 Å². The zero-order chi connectivity index (χ0) is 9.64. The Balaban J connectivity index is 2.57. The van der Waals surface area contributed by atoms with E-state index in [4.69, 9.17) is 5.73 Å². The van der Waals surface area contributed by atoms with Gasteiger partial charge in [0.25, 0.3) is 0 Å². The molecule has 1 aromatic carbocycles. The molecule has 1 nitrogen and oxygen atoms in total. The van der Waals surface area contributed by atoms with Gasteiger partial charge in [-0.1, -0.05) is 32.9 Å². The highest BCUT2D eigenvalue weighted by Crippen LogP contribution is 2.48. The van der Waals surface area contributed by atoms with E-state index in [1.165, 1.54) is 11.1 Å². The SMILES string of the molecule is C[C@H]1c2c(N)cccc2CC1(C)C. The maximum Gasteiger partial charge on any atom is 0.0352 e. The summed E-state index contributed by atoms with van der Waals surface area (Å²) < 4.78 is 0. The lowest BCUT2D eigenvalue weighted by atomic mass is 9.81. The molecule has 0 radical (unpaired) electrons. The Kier molecular flexibility index (Phi) is 1.66. The van der Waals surface area contributed by atoms with E-state index in [0.29, 0.717) is 11.3 Å². The van der Waals surface area contributed by atoms with E-state index in [1.807, 2.05) is 6.07 Å². The second kappa shape index (κ2) is 2.50. The Hall–Kier alpha value is -0.980. The van der Waals surface area contributed by atoms with Crippen molar-refractivity contribution >= 4 is 5.69 Å². The Morgan fingerprint density at radius 1 is 1.38 bits per heavy atom. The second-order valence-electron chi connectivity index (χ2n) is 4.81. The lowest BCUT2D eigenvalue weighted by molar-refractivity contribution is 0.330. The number of hydrogen-bond donors (Lipinski definition) is 1. The van der Waals surface area contributed by atoms with Gasteiger partial charge in [0.15, 0.2) is 0 Å². The summed E-state index contributed by atoms with van der Waals surface area (Å²) in [4.78, 5) is 0. The van der Waals surface area contributed by atoms with Crippen LogP contribution in [0.5, 0.6) is 0 Å².